The second kappa shape index (κ2) is 8.32. The molecular weight excluding hydrogens is 395 g/mol. The average molecular weight is 414 g/mol. The summed E-state index contributed by atoms with van der Waals surface area (Å²) in [5, 5.41) is 2.71. The summed E-state index contributed by atoms with van der Waals surface area (Å²) in [6.45, 7) is 0. The fourth-order valence-corrected chi connectivity index (χ4v) is 3.89. The van der Waals surface area contributed by atoms with Crippen molar-refractivity contribution in [2.75, 3.05) is 23.8 Å². The van der Waals surface area contributed by atoms with Crippen LogP contribution in [0.25, 0.3) is 0 Å². The van der Waals surface area contributed by atoms with Gasteiger partial charge in [-0.2, -0.15) is 0 Å². The minimum Gasteiger partial charge on any atom is -0.497 e. The van der Waals surface area contributed by atoms with Crippen LogP contribution >= 0.6 is 0 Å². The molecule has 0 heterocycles. The van der Waals surface area contributed by atoms with Crippen LogP contribution in [-0.4, -0.2) is 28.5 Å². The monoisotopic (exact) mass is 414 g/mol. The number of carbonyl (C=O) groups excluding carboxylic acids is 1. The van der Waals surface area contributed by atoms with Gasteiger partial charge in [-0.3, -0.25) is 9.10 Å². The smallest absolute Gasteiger partial charge is 0.264 e. The Morgan fingerprint density at radius 3 is 2.38 bits per heavy atom. The number of anilines is 2. The van der Waals surface area contributed by atoms with Crippen molar-refractivity contribution in [2.24, 2.45) is 0 Å². The minimum atomic E-state index is -3.93. The van der Waals surface area contributed by atoms with Gasteiger partial charge in [-0.1, -0.05) is 12.1 Å². The van der Waals surface area contributed by atoms with Gasteiger partial charge in [-0.05, 0) is 54.6 Å². The van der Waals surface area contributed by atoms with Crippen LogP contribution in [-0.2, 0) is 10.0 Å². The third-order valence-corrected chi connectivity index (χ3v) is 6.05. The Kier molecular flexibility index (Phi) is 5.84. The van der Waals surface area contributed by atoms with Crippen molar-refractivity contribution in [1.29, 1.82) is 0 Å². The molecule has 3 aromatic rings. The summed E-state index contributed by atoms with van der Waals surface area (Å²) in [6.07, 6.45) is 0. The molecule has 0 saturated heterocycles. The highest BCUT2D eigenvalue weighted by atomic mass is 32.2. The standard InChI is InChI=1S/C21H19FN2O4S/c1-24(18-11-9-16(22)10-12-18)29(26,27)20-8-3-5-15(13-20)21(25)23-17-6-4-7-19(14-17)28-2/h3-14H,1-2H3,(H,23,25). The summed E-state index contributed by atoms with van der Waals surface area (Å²) in [4.78, 5) is 12.5. The first-order valence-electron chi connectivity index (χ1n) is 8.61. The molecule has 0 aromatic heterocycles. The predicted molar refractivity (Wildman–Crippen MR) is 109 cm³/mol. The molecule has 150 valence electrons. The van der Waals surface area contributed by atoms with Gasteiger partial charge in [-0.25, -0.2) is 12.8 Å². The van der Waals surface area contributed by atoms with E-state index in [-0.39, 0.29) is 10.5 Å². The summed E-state index contributed by atoms with van der Waals surface area (Å²) in [6, 6.07) is 17.6. The number of rotatable bonds is 6. The Hall–Kier alpha value is -3.39. The highest BCUT2D eigenvalue weighted by Gasteiger charge is 2.22. The number of amides is 1. The zero-order valence-electron chi connectivity index (χ0n) is 15.8. The van der Waals surface area contributed by atoms with Crippen LogP contribution in [0.2, 0.25) is 0 Å². The summed E-state index contributed by atoms with van der Waals surface area (Å²) >= 11 is 0. The maximum Gasteiger partial charge on any atom is 0.264 e. The van der Waals surface area contributed by atoms with Crippen molar-refractivity contribution in [3.8, 4) is 5.75 Å². The van der Waals surface area contributed by atoms with Crippen LogP contribution in [0, 0.1) is 5.82 Å². The van der Waals surface area contributed by atoms with Gasteiger partial charge in [0.1, 0.15) is 11.6 Å². The summed E-state index contributed by atoms with van der Waals surface area (Å²) in [5.41, 5.74) is 1.00. The van der Waals surface area contributed by atoms with Crippen LogP contribution in [0.5, 0.6) is 5.75 Å². The third-order valence-electron chi connectivity index (χ3n) is 4.27. The van der Waals surface area contributed by atoms with Crippen molar-refractivity contribution in [3.63, 3.8) is 0 Å². The maximum absolute atomic E-state index is 13.1. The molecule has 3 aromatic carbocycles. The molecule has 0 unspecified atom stereocenters. The van der Waals surface area contributed by atoms with Crippen LogP contribution in [0.3, 0.4) is 0 Å². The number of hydrogen-bond donors (Lipinski definition) is 1. The molecule has 0 atom stereocenters. The SMILES string of the molecule is COc1cccc(NC(=O)c2cccc(S(=O)(=O)N(C)c3ccc(F)cc3)c2)c1. The molecule has 0 fully saturated rings. The molecule has 0 spiro atoms. The van der Waals surface area contributed by atoms with Crippen molar-refractivity contribution in [2.45, 2.75) is 4.90 Å². The maximum atomic E-state index is 13.1. The van der Waals surface area contributed by atoms with Crippen molar-refractivity contribution < 1.29 is 22.3 Å². The molecule has 1 N–H and O–H groups in total. The van der Waals surface area contributed by atoms with E-state index in [1.807, 2.05) is 0 Å². The molecule has 0 aliphatic rings. The fraction of sp³-hybridized carbons (Fsp3) is 0.0952. The van der Waals surface area contributed by atoms with Crippen molar-refractivity contribution in [1.82, 2.24) is 0 Å². The molecule has 0 aliphatic carbocycles. The predicted octanol–water partition coefficient (Wildman–Crippen LogP) is 3.91. The van der Waals surface area contributed by atoms with Crippen LogP contribution in [0.1, 0.15) is 10.4 Å². The number of ether oxygens (including phenoxy) is 1. The number of carbonyl (C=O) groups is 1. The number of halogens is 1. The zero-order chi connectivity index (χ0) is 21.0. The van der Waals surface area contributed by atoms with E-state index in [4.69, 9.17) is 4.74 Å². The Morgan fingerprint density at radius 2 is 1.69 bits per heavy atom. The molecule has 3 rings (SSSR count). The lowest BCUT2D eigenvalue weighted by Crippen LogP contribution is -2.26. The van der Waals surface area contributed by atoms with Gasteiger partial charge < -0.3 is 10.1 Å². The summed E-state index contributed by atoms with van der Waals surface area (Å²) < 4.78 is 45.1. The minimum absolute atomic E-state index is 0.0531. The first-order valence-corrected chi connectivity index (χ1v) is 10.1. The van der Waals surface area contributed by atoms with Crippen molar-refractivity contribution in [3.05, 3.63) is 84.2 Å². The van der Waals surface area contributed by atoms with Gasteiger partial charge in [-0.15, -0.1) is 0 Å². The quantitative estimate of drug-likeness (QED) is 0.664. The number of nitrogens with zero attached hydrogens (tertiary/aromatic N) is 1. The molecule has 0 radical (unpaired) electrons. The van der Waals surface area contributed by atoms with E-state index in [1.165, 1.54) is 62.7 Å². The van der Waals surface area contributed by atoms with Gasteiger partial charge >= 0.3 is 0 Å². The van der Waals surface area contributed by atoms with E-state index in [9.17, 15) is 17.6 Å². The van der Waals surface area contributed by atoms with Gasteiger partial charge in [0.05, 0.1) is 17.7 Å². The summed E-state index contributed by atoms with van der Waals surface area (Å²) in [5.74, 6) is -0.337. The fourth-order valence-electron chi connectivity index (χ4n) is 2.65. The largest absolute Gasteiger partial charge is 0.497 e. The molecule has 6 nitrogen and oxygen atoms in total. The lowest BCUT2D eigenvalue weighted by atomic mass is 10.2. The average Bonchev–Trinajstić information content (AvgIpc) is 2.74. The molecule has 1 amide bonds. The number of methoxy groups -OCH3 is 1. The molecule has 29 heavy (non-hydrogen) atoms. The van der Waals surface area contributed by atoms with Gasteiger partial charge in [0.25, 0.3) is 15.9 Å². The highest BCUT2D eigenvalue weighted by molar-refractivity contribution is 7.92. The Balaban J connectivity index is 1.85. The Labute approximate surface area is 168 Å². The van der Waals surface area contributed by atoms with Crippen LogP contribution in [0.4, 0.5) is 15.8 Å². The number of hydrogen-bond acceptors (Lipinski definition) is 4. The van der Waals surface area contributed by atoms with E-state index in [0.717, 1.165) is 4.31 Å². The topological polar surface area (TPSA) is 75.7 Å². The lowest BCUT2D eigenvalue weighted by molar-refractivity contribution is 0.102. The molecule has 8 heteroatoms. The van der Waals surface area contributed by atoms with Gasteiger partial charge in [0.2, 0.25) is 0 Å². The Bertz CT molecular complexity index is 1130. The second-order valence-corrected chi connectivity index (χ2v) is 8.13. The van der Waals surface area contributed by atoms with Gasteiger partial charge in [0, 0.05) is 24.4 Å². The number of sulfonamides is 1. The first kappa shape index (κ1) is 20.3. The van der Waals surface area contributed by atoms with E-state index in [0.29, 0.717) is 17.1 Å². The normalized spacial score (nSPS) is 11.0. The molecular formula is C21H19FN2O4S. The second-order valence-electron chi connectivity index (χ2n) is 6.16. The van der Waals surface area contributed by atoms with E-state index in [1.54, 1.807) is 24.3 Å². The first-order chi connectivity index (χ1) is 13.8. The number of nitrogens with one attached hydrogen (secondary N) is 1. The zero-order valence-corrected chi connectivity index (χ0v) is 16.6. The molecule has 0 bridgehead atoms. The van der Waals surface area contributed by atoms with E-state index in [2.05, 4.69) is 5.32 Å². The number of benzene rings is 3. The van der Waals surface area contributed by atoms with Crippen LogP contribution < -0.4 is 14.4 Å². The molecule has 0 aliphatic heterocycles. The van der Waals surface area contributed by atoms with Crippen molar-refractivity contribution >= 4 is 27.3 Å². The van der Waals surface area contributed by atoms with Gasteiger partial charge in [0.15, 0.2) is 0 Å². The van der Waals surface area contributed by atoms with E-state index < -0.39 is 21.7 Å². The summed E-state index contributed by atoms with van der Waals surface area (Å²) in [7, 11) is -1.05. The van der Waals surface area contributed by atoms with E-state index >= 15 is 0 Å². The Morgan fingerprint density at radius 1 is 1.00 bits per heavy atom. The van der Waals surface area contributed by atoms with Crippen LogP contribution in [0.15, 0.2) is 77.7 Å². The third kappa shape index (κ3) is 4.55. The lowest BCUT2D eigenvalue weighted by Gasteiger charge is -2.19. The molecule has 0 saturated carbocycles. The highest BCUT2D eigenvalue weighted by Crippen LogP contribution is 2.23.